The third-order valence-corrected chi connectivity index (χ3v) is 2.99. The zero-order chi connectivity index (χ0) is 10.4. The summed E-state index contributed by atoms with van der Waals surface area (Å²) < 4.78 is 0. The highest BCUT2D eigenvalue weighted by molar-refractivity contribution is 6.30. The van der Waals surface area contributed by atoms with Crippen molar-refractivity contribution in [3.8, 4) is 0 Å². The van der Waals surface area contributed by atoms with E-state index >= 15 is 0 Å². The highest BCUT2D eigenvalue weighted by atomic mass is 35.5. The topological polar surface area (TPSA) is 0 Å². The number of benzene rings is 1. The second kappa shape index (κ2) is 6.08. The van der Waals surface area contributed by atoms with Crippen LogP contribution in [-0.2, 0) is 0 Å². The van der Waals surface area contributed by atoms with Gasteiger partial charge in [-0.3, -0.25) is 0 Å². The Hall–Kier alpha value is -0.490. The van der Waals surface area contributed by atoms with Crippen molar-refractivity contribution in [2.45, 2.75) is 45.4 Å². The molecule has 0 saturated carbocycles. The minimum atomic E-state index is 0.715. The second-order valence-electron chi connectivity index (χ2n) is 3.80. The quantitative estimate of drug-likeness (QED) is 0.640. The minimum absolute atomic E-state index is 0.715. The Bertz CT molecular complexity index is 250. The van der Waals surface area contributed by atoms with Crippen molar-refractivity contribution in [3.63, 3.8) is 0 Å². The fraction of sp³-hybridized carbons (Fsp3) is 0.538. The number of halogens is 1. The molecule has 78 valence electrons. The van der Waals surface area contributed by atoms with E-state index in [4.69, 9.17) is 11.6 Å². The molecule has 0 aromatic heterocycles. The summed E-state index contributed by atoms with van der Waals surface area (Å²) in [6, 6.07) is 8.30. The van der Waals surface area contributed by atoms with Crippen molar-refractivity contribution in [1.82, 2.24) is 0 Å². The summed E-state index contributed by atoms with van der Waals surface area (Å²) in [5.74, 6) is 0.715. The molecule has 0 aliphatic rings. The molecule has 1 atom stereocenters. The van der Waals surface area contributed by atoms with Gasteiger partial charge in [0, 0.05) is 5.02 Å². The number of unbranched alkanes of at least 4 members (excludes halogenated alkanes) is 1. The summed E-state index contributed by atoms with van der Waals surface area (Å²) in [6.07, 6.45) is 5.13. The third kappa shape index (κ3) is 3.34. The summed E-state index contributed by atoms with van der Waals surface area (Å²) >= 11 is 5.86. The molecule has 0 amide bonds. The van der Waals surface area contributed by atoms with E-state index in [0.29, 0.717) is 5.92 Å². The second-order valence-corrected chi connectivity index (χ2v) is 4.24. The van der Waals surface area contributed by atoms with Crippen molar-refractivity contribution in [2.75, 3.05) is 0 Å². The predicted octanol–water partition coefficient (Wildman–Crippen LogP) is 5.02. The number of hydrogen-bond acceptors (Lipinski definition) is 0. The van der Waals surface area contributed by atoms with Gasteiger partial charge in [0.05, 0.1) is 0 Å². The Morgan fingerprint density at radius 1 is 1.14 bits per heavy atom. The van der Waals surface area contributed by atoms with Crippen LogP contribution in [0.3, 0.4) is 0 Å². The van der Waals surface area contributed by atoms with E-state index in [-0.39, 0.29) is 0 Å². The van der Waals surface area contributed by atoms with Gasteiger partial charge in [0.25, 0.3) is 0 Å². The zero-order valence-corrected chi connectivity index (χ0v) is 9.85. The molecule has 0 spiro atoms. The first-order valence-corrected chi connectivity index (χ1v) is 5.91. The van der Waals surface area contributed by atoms with Gasteiger partial charge in [0.15, 0.2) is 0 Å². The molecule has 0 saturated heterocycles. The lowest BCUT2D eigenvalue weighted by molar-refractivity contribution is 0.570. The molecule has 1 aromatic rings. The van der Waals surface area contributed by atoms with E-state index in [1.54, 1.807) is 0 Å². The fourth-order valence-corrected chi connectivity index (χ4v) is 1.92. The molecule has 1 aromatic carbocycles. The SMILES string of the molecule is CCCCC(CC)c1ccc(Cl)cc1. The summed E-state index contributed by atoms with van der Waals surface area (Å²) in [4.78, 5) is 0. The van der Waals surface area contributed by atoms with Crippen LogP contribution < -0.4 is 0 Å². The first-order chi connectivity index (χ1) is 6.77. The molecule has 0 nitrogen and oxygen atoms in total. The standard InChI is InChI=1S/C13H19Cl/c1-3-5-6-11(4-2)12-7-9-13(14)10-8-12/h7-11H,3-6H2,1-2H3. The summed E-state index contributed by atoms with van der Waals surface area (Å²) in [6.45, 7) is 4.50. The van der Waals surface area contributed by atoms with E-state index < -0.39 is 0 Å². The maximum atomic E-state index is 5.86. The van der Waals surface area contributed by atoms with E-state index in [2.05, 4.69) is 26.0 Å². The van der Waals surface area contributed by atoms with Crippen LogP contribution in [0.5, 0.6) is 0 Å². The van der Waals surface area contributed by atoms with Gasteiger partial charge in [0.1, 0.15) is 0 Å². The van der Waals surface area contributed by atoms with Gasteiger partial charge in [-0.05, 0) is 36.5 Å². The highest BCUT2D eigenvalue weighted by Gasteiger charge is 2.07. The van der Waals surface area contributed by atoms with Crippen molar-refractivity contribution in [2.24, 2.45) is 0 Å². The Balaban J connectivity index is 2.64. The van der Waals surface area contributed by atoms with Crippen molar-refractivity contribution in [3.05, 3.63) is 34.9 Å². The Kier molecular flexibility index (Phi) is 5.03. The molecule has 1 rings (SSSR count). The Morgan fingerprint density at radius 2 is 1.79 bits per heavy atom. The lowest BCUT2D eigenvalue weighted by Gasteiger charge is -2.14. The predicted molar refractivity (Wildman–Crippen MR) is 64.0 cm³/mol. The van der Waals surface area contributed by atoms with Gasteiger partial charge in [0.2, 0.25) is 0 Å². The van der Waals surface area contributed by atoms with Crippen molar-refractivity contribution < 1.29 is 0 Å². The number of rotatable bonds is 5. The average Bonchev–Trinajstić information content (AvgIpc) is 2.21. The monoisotopic (exact) mass is 210 g/mol. The van der Waals surface area contributed by atoms with Crippen LogP contribution in [0, 0.1) is 0 Å². The van der Waals surface area contributed by atoms with Crippen LogP contribution in [-0.4, -0.2) is 0 Å². The van der Waals surface area contributed by atoms with E-state index in [1.807, 2.05) is 12.1 Å². The molecule has 0 fully saturated rings. The molecule has 0 radical (unpaired) electrons. The van der Waals surface area contributed by atoms with Gasteiger partial charge in [-0.2, -0.15) is 0 Å². The maximum Gasteiger partial charge on any atom is 0.0406 e. The van der Waals surface area contributed by atoms with Crippen LogP contribution in [0.4, 0.5) is 0 Å². The van der Waals surface area contributed by atoms with Crippen LogP contribution in [0.25, 0.3) is 0 Å². The molecule has 0 aliphatic heterocycles. The molecule has 0 aliphatic carbocycles. The summed E-state index contributed by atoms with van der Waals surface area (Å²) in [7, 11) is 0. The van der Waals surface area contributed by atoms with E-state index in [0.717, 1.165) is 5.02 Å². The van der Waals surface area contributed by atoms with Gasteiger partial charge in [-0.1, -0.05) is 50.4 Å². The van der Waals surface area contributed by atoms with Crippen LogP contribution in [0.1, 0.15) is 51.0 Å². The molecule has 14 heavy (non-hydrogen) atoms. The van der Waals surface area contributed by atoms with Crippen molar-refractivity contribution in [1.29, 1.82) is 0 Å². The van der Waals surface area contributed by atoms with Gasteiger partial charge < -0.3 is 0 Å². The fourth-order valence-electron chi connectivity index (χ4n) is 1.79. The molecule has 0 heterocycles. The lowest BCUT2D eigenvalue weighted by atomic mass is 9.91. The molecule has 1 heteroatoms. The number of hydrogen-bond donors (Lipinski definition) is 0. The first kappa shape index (κ1) is 11.6. The highest BCUT2D eigenvalue weighted by Crippen LogP contribution is 2.26. The van der Waals surface area contributed by atoms with Crippen LogP contribution in [0.2, 0.25) is 5.02 Å². The summed E-state index contributed by atoms with van der Waals surface area (Å²) in [5.41, 5.74) is 1.44. The lowest BCUT2D eigenvalue weighted by Crippen LogP contribution is -1.96. The molecule has 1 unspecified atom stereocenters. The third-order valence-electron chi connectivity index (χ3n) is 2.74. The first-order valence-electron chi connectivity index (χ1n) is 5.53. The van der Waals surface area contributed by atoms with Gasteiger partial charge in [-0.15, -0.1) is 0 Å². The van der Waals surface area contributed by atoms with Crippen LogP contribution in [0.15, 0.2) is 24.3 Å². The van der Waals surface area contributed by atoms with Crippen molar-refractivity contribution >= 4 is 11.6 Å². The molecule has 0 bridgehead atoms. The average molecular weight is 211 g/mol. The Morgan fingerprint density at radius 3 is 2.29 bits per heavy atom. The molecular formula is C13H19Cl. The Labute approximate surface area is 92.3 Å². The zero-order valence-electron chi connectivity index (χ0n) is 9.09. The maximum absolute atomic E-state index is 5.86. The molecular weight excluding hydrogens is 192 g/mol. The largest absolute Gasteiger partial charge is 0.0843 e. The molecule has 0 N–H and O–H groups in total. The normalized spacial score (nSPS) is 12.8. The smallest absolute Gasteiger partial charge is 0.0406 e. The summed E-state index contributed by atoms with van der Waals surface area (Å²) in [5, 5.41) is 0.832. The van der Waals surface area contributed by atoms with E-state index in [9.17, 15) is 0 Å². The van der Waals surface area contributed by atoms with Crippen LogP contribution >= 0.6 is 11.6 Å². The minimum Gasteiger partial charge on any atom is -0.0843 e. The van der Waals surface area contributed by atoms with E-state index in [1.165, 1.54) is 31.2 Å². The van der Waals surface area contributed by atoms with Gasteiger partial charge >= 0.3 is 0 Å². The van der Waals surface area contributed by atoms with Gasteiger partial charge in [-0.25, -0.2) is 0 Å².